The molecule has 0 radical (unpaired) electrons. The highest BCUT2D eigenvalue weighted by molar-refractivity contribution is 7.80. The van der Waals surface area contributed by atoms with E-state index in [-0.39, 0.29) is 30.2 Å². The van der Waals surface area contributed by atoms with Crippen LogP contribution in [0.3, 0.4) is 0 Å². The highest BCUT2D eigenvalue weighted by Crippen LogP contribution is 2.39. The third-order valence-electron chi connectivity index (χ3n) is 5.99. The third kappa shape index (κ3) is 4.66. The van der Waals surface area contributed by atoms with E-state index in [1.807, 2.05) is 76.3 Å². The number of nitrogens with one attached hydrogen (secondary N) is 2. The molecule has 0 unspecified atom stereocenters. The predicted octanol–water partition coefficient (Wildman–Crippen LogP) is 4.39. The maximum Gasteiger partial charge on any atom is 0.269 e. The van der Waals surface area contributed by atoms with Gasteiger partial charge in [-0.1, -0.05) is 24.3 Å². The maximum atomic E-state index is 13.0. The van der Waals surface area contributed by atoms with Crippen molar-refractivity contribution in [3.63, 3.8) is 0 Å². The molecule has 2 N–H and O–H groups in total. The van der Waals surface area contributed by atoms with E-state index >= 15 is 0 Å². The van der Waals surface area contributed by atoms with Crippen molar-refractivity contribution >= 4 is 34.6 Å². The first-order valence-corrected chi connectivity index (χ1v) is 11.7. The number of thiocarbonyl (C=S) groups is 1. The predicted molar refractivity (Wildman–Crippen MR) is 140 cm³/mol. The molecule has 1 aliphatic heterocycles. The number of nitro groups is 1. The van der Waals surface area contributed by atoms with Gasteiger partial charge in [0.2, 0.25) is 5.91 Å². The van der Waals surface area contributed by atoms with E-state index in [9.17, 15) is 14.9 Å². The van der Waals surface area contributed by atoms with Gasteiger partial charge in [0.05, 0.1) is 22.7 Å². The summed E-state index contributed by atoms with van der Waals surface area (Å²) in [6.45, 7) is 0.0279. The van der Waals surface area contributed by atoms with Gasteiger partial charge in [0, 0.05) is 41.6 Å². The fourth-order valence-electron chi connectivity index (χ4n) is 4.38. The molecule has 0 aliphatic carbocycles. The molecule has 4 aromatic rings. The number of anilines is 1. The van der Waals surface area contributed by atoms with Crippen molar-refractivity contribution in [2.45, 2.75) is 12.1 Å². The summed E-state index contributed by atoms with van der Waals surface area (Å²) in [4.78, 5) is 30.1. The van der Waals surface area contributed by atoms with E-state index in [2.05, 4.69) is 15.6 Å². The van der Waals surface area contributed by atoms with Crippen LogP contribution in [0.25, 0.3) is 5.69 Å². The van der Waals surface area contributed by atoms with Crippen molar-refractivity contribution in [3.8, 4) is 5.69 Å². The van der Waals surface area contributed by atoms with Crippen LogP contribution in [0.5, 0.6) is 0 Å². The fraction of sp³-hybridized carbons (Fsp3) is 0.115. The molecule has 1 amide bonds. The quantitative estimate of drug-likeness (QED) is 0.221. The number of amides is 1. The average Bonchev–Trinajstić information content (AvgIpc) is 3.50. The Bertz CT molecular complexity index is 1390. The Morgan fingerprint density at radius 1 is 1.03 bits per heavy atom. The highest BCUT2D eigenvalue weighted by Gasteiger charge is 2.42. The van der Waals surface area contributed by atoms with Gasteiger partial charge in [-0.25, -0.2) is 0 Å². The second-order valence-electron chi connectivity index (χ2n) is 8.25. The molecule has 180 valence electrons. The van der Waals surface area contributed by atoms with Crippen molar-refractivity contribution in [1.29, 1.82) is 0 Å². The summed E-state index contributed by atoms with van der Waals surface area (Å²) in [5, 5.41) is 17.8. The number of non-ortho nitro benzene ring substituents is 1. The Kier molecular flexibility index (Phi) is 6.42. The van der Waals surface area contributed by atoms with Gasteiger partial charge < -0.3 is 20.1 Å². The van der Waals surface area contributed by atoms with Gasteiger partial charge >= 0.3 is 0 Å². The number of rotatable bonds is 7. The summed E-state index contributed by atoms with van der Waals surface area (Å²) in [5.74, 6) is -0.203. The molecular weight excluding hydrogens is 476 g/mol. The normalized spacial score (nSPS) is 17.0. The molecule has 1 aliphatic rings. The molecule has 2 atom stereocenters. The van der Waals surface area contributed by atoms with E-state index in [0.29, 0.717) is 10.8 Å². The van der Waals surface area contributed by atoms with Gasteiger partial charge in [-0.15, -0.1) is 0 Å². The smallest absolute Gasteiger partial charge is 0.269 e. The number of benzene rings is 2. The number of pyridine rings is 1. The molecular formula is C26H22N6O3S. The Labute approximate surface area is 212 Å². The van der Waals surface area contributed by atoms with Crippen molar-refractivity contribution < 1.29 is 9.72 Å². The summed E-state index contributed by atoms with van der Waals surface area (Å²) in [7, 11) is 0. The summed E-state index contributed by atoms with van der Waals surface area (Å²) < 4.78 is 1.95. The van der Waals surface area contributed by atoms with E-state index in [1.165, 1.54) is 12.1 Å². The lowest BCUT2D eigenvalue weighted by Crippen LogP contribution is -2.37. The molecule has 1 fully saturated rings. The SMILES string of the molecule is O=C(CN1C(=S)N[C@@H](c2ccccn2)[C@H]1c1cccn1-c1ccc([N+](=O)[O-])cc1)Nc1ccccc1. The van der Waals surface area contributed by atoms with E-state index in [1.54, 1.807) is 18.3 Å². The van der Waals surface area contributed by atoms with Gasteiger partial charge in [0.25, 0.3) is 5.69 Å². The van der Waals surface area contributed by atoms with Gasteiger partial charge in [0.1, 0.15) is 6.54 Å². The average molecular weight is 499 g/mol. The van der Waals surface area contributed by atoms with E-state index in [4.69, 9.17) is 12.2 Å². The van der Waals surface area contributed by atoms with Crippen LogP contribution < -0.4 is 10.6 Å². The minimum Gasteiger partial charge on any atom is -0.352 e. The number of hydrogen-bond acceptors (Lipinski definition) is 5. The van der Waals surface area contributed by atoms with Gasteiger partial charge in [0.15, 0.2) is 5.11 Å². The first-order valence-electron chi connectivity index (χ1n) is 11.3. The number of hydrogen-bond donors (Lipinski definition) is 2. The molecule has 0 saturated carbocycles. The van der Waals surface area contributed by atoms with Gasteiger partial charge in [-0.2, -0.15) is 0 Å². The molecule has 3 heterocycles. The van der Waals surface area contributed by atoms with Crippen LogP contribution in [-0.4, -0.2) is 36.9 Å². The lowest BCUT2D eigenvalue weighted by molar-refractivity contribution is -0.384. The number of carbonyl (C=O) groups excluding carboxylic acids is 1. The monoisotopic (exact) mass is 498 g/mol. The second kappa shape index (κ2) is 9.96. The van der Waals surface area contributed by atoms with Crippen molar-refractivity contribution in [2.75, 3.05) is 11.9 Å². The lowest BCUT2D eigenvalue weighted by Gasteiger charge is -2.28. The molecule has 2 aromatic heterocycles. The third-order valence-corrected chi connectivity index (χ3v) is 6.34. The molecule has 9 nitrogen and oxygen atoms in total. The van der Waals surface area contributed by atoms with Crippen LogP contribution in [0.1, 0.15) is 23.5 Å². The zero-order valence-corrected chi connectivity index (χ0v) is 19.8. The van der Waals surface area contributed by atoms with Crippen LogP contribution in [0.2, 0.25) is 0 Å². The highest BCUT2D eigenvalue weighted by atomic mass is 32.1. The minimum absolute atomic E-state index is 0.0155. The number of nitro benzene ring substituents is 1. The molecule has 0 spiro atoms. The van der Waals surface area contributed by atoms with E-state index < -0.39 is 4.92 Å². The largest absolute Gasteiger partial charge is 0.352 e. The Morgan fingerprint density at radius 2 is 1.78 bits per heavy atom. The van der Waals surface area contributed by atoms with Crippen LogP contribution >= 0.6 is 12.2 Å². The first-order chi connectivity index (χ1) is 17.5. The maximum absolute atomic E-state index is 13.0. The Morgan fingerprint density at radius 3 is 2.47 bits per heavy atom. The number of carbonyl (C=O) groups is 1. The number of para-hydroxylation sites is 1. The zero-order valence-electron chi connectivity index (χ0n) is 19.0. The standard InChI is InChI=1S/C26H22N6O3S/c33-23(28-18-7-2-1-3-8-18)17-31-25(24(29-26(31)36)21-9-4-5-15-27-21)22-10-6-16-30(22)19-11-13-20(14-12-19)32(34)35/h1-16,24-25H,17H2,(H,28,33)(H,29,36)/t24-,25+/m0/s1. The summed E-state index contributed by atoms with van der Waals surface area (Å²) in [6.07, 6.45) is 3.60. The number of nitrogens with zero attached hydrogens (tertiary/aromatic N) is 4. The molecule has 36 heavy (non-hydrogen) atoms. The topological polar surface area (TPSA) is 105 Å². The summed E-state index contributed by atoms with van der Waals surface area (Å²) >= 11 is 5.68. The fourth-order valence-corrected chi connectivity index (χ4v) is 4.68. The number of aromatic nitrogens is 2. The Balaban J connectivity index is 1.51. The molecule has 5 rings (SSSR count). The molecule has 0 bridgehead atoms. The molecule has 10 heteroatoms. The molecule has 2 aromatic carbocycles. The second-order valence-corrected chi connectivity index (χ2v) is 8.63. The lowest BCUT2D eigenvalue weighted by atomic mass is 10.0. The van der Waals surface area contributed by atoms with Crippen molar-refractivity contribution in [2.24, 2.45) is 0 Å². The van der Waals surface area contributed by atoms with Crippen molar-refractivity contribution in [3.05, 3.63) is 119 Å². The van der Waals surface area contributed by atoms with Crippen LogP contribution in [0.4, 0.5) is 11.4 Å². The van der Waals surface area contributed by atoms with Crippen molar-refractivity contribution in [1.82, 2.24) is 19.8 Å². The van der Waals surface area contributed by atoms with Crippen LogP contribution in [-0.2, 0) is 4.79 Å². The van der Waals surface area contributed by atoms with Gasteiger partial charge in [-0.3, -0.25) is 19.9 Å². The first kappa shape index (κ1) is 23.2. The summed E-state index contributed by atoms with van der Waals surface area (Å²) in [6, 6.07) is 24.4. The zero-order chi connectivity index (χ0) is 25.1. The van der Waals surface area contributed by atoms with Crippen LogP contribution in [0, 0.1) is 10.1 Å². The van der Waals surface area contributed by atoms with Crippen LogP contribution in [0.15, 0.2) is 97.3 Å². The summed E-state index contributed by atoms with van der Waals surface area (Å²) in [5.41, 5.74) is 3.12. The Hall–Kier alpha value is -4.57. The minimum atomic E-state index is -0.427. The van der Waals surface area contributed by atoms with Gasteiger partial charge in [-0.05, 0) is 60.7 Å². The molecule has 1 saturated heterocycles. The van der Waals surface area contributed by atoms with E-state index in [0.717, 1.165) is 17.1 Å².